The quantitative estimate of drug-likeness (QED) is 0.0925. The van der Waals surface area contributed by atoms with Gasteiger partial charge in [0.1, 0.15) is 5.60 Å². The molecule has 0 fully saturated rings. The predicted molar refractivity (Wildman–Crippen MR) is 193 cm³/mol. The van der Waals surface area contributed by atoms with Crippen LogP contribution in [0.2, 0.25) is 0 Å². The summed E-state index contributed by atoms with van der Waals surface area (Å²) >= 11 is 0. The van der Waals surface area contributed by atoms with E-state index in [0.29, 0.717) is 0 Å². The molecule has 0 aliphatic rings. The molecule has 3 aromatic carbocycles. The van der Waals surface area contributed by atoms with E-state index in [4.69, 9.17) is 4.65 Å². The summed E-state index contributed by atoms with van der Waals surface area (Å²) in [6, 6.07) is 30.0. The van der Waals surface area contributed by atoms with Crippen molar-refractivity contribution in [2.75, 3.05) is 26.2 Å². The zero-order chi connectivity index (χ0) is 32.8. The number of hydrogen-bond donors (Lipinski definition) is 2. The molecular weight excluding hydrogens is 553 g/mol. The van der Waals surface area contributed by atoms with Gasteiger partial charge < -0.3 is 19.2 Å². The summed E-state index contributed by atoms with van der Waals surface area (Å²) in [5, 5.41) is 19.9. The number of benzene rings is 3. The van der Waals surface area contributed by atoms with E-state index in [1.54, 1.807) is 0 Å². The van der Waals surface area contributed by atoms with Crippen LogP contribution in [0.5, 0.6) is 0 Å². The molecule has 4 nitrogen and oxygen atoms in total. The van der Waals surface area contributed by atoms with Crippen molar-refractivity contribution in [1.29, 1.82) is 0 Å². The Morgan fingerprint density at radius 2 is 0.911 bits per heavy atom. The van der Waals surface area contributed by atoms with Crippen LogP contribution in [0.25, 0.3) is 0 Å². The van der Waals surface area contributed by atoms with Crippen LogP contribution in [0.15, 0.2) is 91.0 Å². The first-order valence-electron chi connectivity index (χ1n) is 18.0. The van der Waals surface area contributed by atoms with E-state index in [9.17, 15) is 10.0 Å². The standard InChI is InChI=1S/C24H27BO3.C16H36N/c1-2-3-19-23(20-13-7-4-8-14-20)24(28-25(26)27,21-15-9-5-10-16-21)22-17-11-6-12-18-22;1-5-9-13-17(14-10-6-2,15-11-7-3)16-12-8-4/h4-18,23,26-27H,2-3,19H2,1H3;5-16H2,1-4H3/q;+1. The molecule has 0 amide bonds. The van der Waals surface area contributed by atoms with Crippen LogP contribution in [0.3, 0.4) is 0 Å². The fourth-order valence-corrected chi connectivity index (χ4v) is 6.67. The van der Waals surface area contributed by atoms with Crippen molar-refractivity contribution >= 4 is 7.32 Å². The Labute approximate surface area is 276 Å². The second-order valence-corrected chi connectivity index (χ2v) is 12.7. The van der Waals surface area contributed by atoms with Gasteiger partial charge in [0.05, 0.1) is 26.2 Å². The molecule has 0 aliphatic carbocycles. The van der Waals surface area contributed by atoms with E-state index in [1.165, 1.54) is 82.0 Å². The van der Waals surface area contributed by atoms with Crippen LogP contribution in [0.4, 0.5) is 0 Å². The minimum absolute atomic E-state index is 0.0831. The van der Waals surface area contributed by atoms with Crippen LogP contribution in [0.1, 0.15) is 128 Å². The number of hydrogen-bond acceptors (Lipinski definition) is 3. The van der Waals surface area contributed by atoms with Crippen molar-refractivity contribution in [3.05, 3.63) is 108 Å². The molecule has 0 spiro atoms. The van der Waals surface area contributed by atoms with E-state index in [2.05, 4.69) is 46.8 Å². The van der Waals surface area contributed by atoms with Crippen LogP contribution < -0.4 is 0 Å². The molecule has 0 saturated carbocycles. The number of unbranched alkanes of at least 4 members (excludes halogenated alkanes) is 5. The fourth-order valence-electron chi connectivity index (χ4n) is 6.67. The Hall–Kier alpha value is -2.44. The average Bonchev–Trinajstić information content (AvgIpc) is 3.08. The molecule has 1 unspecified atom stereocenters. The molecule has 0 radical (unpaired) electrons. The molecule has 5 heteroatoms. The third-order valence-corrected chi connectivity index (χ3v) is 9.18. The lowest BCUT2D eigenvalue weighted by atomic mass is 9.70. The first kappa shape index (κ1) is 38.7. The third-order valence-electron chi connectivity index (χ3n) is 9.18. The highest BCUT2D eigenvalue weighted by molar-refractivity contribution is 6.32. The maximum absolute atomic E-state index is 9.97. The Morgan fingerprint density at radius 3 is 1.24 bits per heavy atom. The van der Waals surface area contributed by atoms with Crippen molar-refractivity contribution in [3.8, 4) is 0 Å². The third kappa shape index (κ3) is 12.4. The number of rotatable bonds is 21. The summed E-state index contributed by atoms with van der Waals surface area (Å²) in [5.74, 6) is -0.0831. The summed E-state index contributed by atoms with van der Waals surface area (Å²) in [6.45, 7) is 17.2. The van der Waals surface area contributed by atoms with E-state index in [0.717, 1.165) is 36.0 Å². The number of nitrogens with zero attached hydrogens (tertiary/aromatic N) is 1. The van der Waals surface area contributed by atoms with Gasteiger partial charge >= 0.3 is 7.32 Å². The summed E-state index contributed by atoms with van der Waals surface area (Å²) < 4.78 is 7.45. The molecule has 0 heterocycles. The second-order valence-electron chi connectivity index (χ2n) is 12.7. The lowest BCUT2D eigenvalue weighted by Gasteiger charge is -2.42. The van der Waals surface area contributed by atoms with Gasteiger partial charge in [-0.1, -0.05) is 164 Å². The van der Waals surface area contributed by atoms with Crippen LogP contribution >= 0.6 is 0 Å². The highest BCUT2D eigenvalue weighted by atomic mass is 16.6. The van der Waals surface area contributed by atoms with E-state index in [1.807, 2.05) is 78.9 Å². The summed E-state index contributed by atoms with van der Waals surface area (Å²) in [4.78, 5) is 0. The van der Waals surface area contributed by atoms with Crippen molar-refractivity contribution in [3.63, 3.8) is 0 Å². The molecule has 0 aromatic heterocycles. The summed E-state index contributed by atoms with van der Waals surface area (Å²) in [7, 11) is -1.90. The molecule has 3 rings (SSSR count). The van der Waals surface area contributed by atoms with Gasteiger partial charge in [-0.3, -0.25) is 0 Å². The van der Waals surface area contributed by atoms with Crippen molar-refractivity contribution in [2.45, 2.75) is 117 Å². The van der Waals surface area contributed by atoms with Gasteiger partial charge in [-0.05, 0) is 48.8 Å². The van der Waals surface area contributed by atoms with Gasteiger partial charge in [0.2, 0.25) is 0 Å². The fraction of sp³-hybridized carbons (Fsp3) is 0.550. The molecule has 1 atom stereocenters. The normalized spacial score (nSPS) is 12.3. The summed E-state index contributed by atoms with van der Waals surface area (Å²) in [5.41, 5.74) is 1.90. The molecule has 45 heavy (non-hydrogen) atoms. The lowest BCUT2D eigenvalue weighted by molar-refractivity contribution is -0.929. The van der Waals surface area contributed by atoms with Gasteiger partial charge in [0.25, 0.3) is 0 Å². The average molecular weight is 617 g/mol. The Morgan fingerprint density at radius 1 is 0.556 bits per heavy atom. The van der Waals surface area contributed by atoms with Crippen LogP contribution in [0, 0.1) is 0 Å². The largest absolute Gasteiger partial charge is 0.634 e. The maximum atomic E-state index is 9.97. The van der Waals surface area contributed by atoms with Gasteiger partial charge in [-0.2, -0.15) is 0 Å². The zero-order valence-corrected chi connectivity index (χ0v) is 29.2. The summed E-state index contributed by atoms with van der Waals surface area (Å²) in [6.07, 6.45) is 14.0. The molecule has 248 valence electrons. The number of quaternary nitrogens is 1. The molecule has 0 saturated heterocycles. The molecule has 3 aromatic rings. The van der Waals surface area contributed by atoms with E-state index in [-0.39, 0.29) is 5.92 Å². The first-order chi connectivity index (χ1) is 21.9. The maximum Gasteiger partial charge on any atom is 0.634 e. The lowest BCUT2D eigenvalue weighted by Crippen LogP contribution is -2.50. The van der Waals surface area contributed by atoms with Gasteiger partial charge in [-0.25, -0.2) is 0 Å². The molecule has 2 N–H and O–H groups in total. The predicted octanol–water partition coefficient (Wildman–Crippen LogP) is 9.89. The zero-order valence-electron chi connectivity index (χ0n) is 29.2. The van der Waals surface area contributed by atoms with Crippen molar-refractivity contribution < 1.29 is 19.2 Å². The molecular formula is C40H63BNO3+. The second kappa shape index (κ2) is 22.2. The Kier molecular flexibility index (Phi) is 19.1. The Bertz CT molecular complexity index is 1030. The highest BCUT2D eigenvalue weighted by Crippen LogP contribution is 2.48. The monoisotopic (exact) mass is 616 g/mol. The van der Waals surface area contributed by atoms with Gasteiger partial charge in [0, 0.05) is 5.92 Å². The van der Waals surface area contributed by atoms with Gasteiger partial charge in [0.15, 0.2) is 0 Å². The van der Waals surface area contributed by atoms with Crippen molar-refractivity contribution in [1.82, 2.24) is 0 Å². The Balaban J connectivity index is 0.000000358. The SMILES string of the molecule is CCCCC(c1ccccc1)C(OB(O)O)(c1ccccc1)c1ccccc1.CCCC[N+](CCCC)(CCCC)CCCC. The van der Waals surface area contributed by atoms with Gasteiger partial charge in [-0.15, -0.1) is 0 Å². The van der Waals surface area contributed by atoms with E-state index < -0.39 is 12.9 Å². The highest BCUT2D eigenvalue weighted by Gasteiger charge is 2.46. The van der Waals surface area contributed by atoms with Crippen LogP contribution in [-0.4, -0.2) is 48.0 Å². The smallest absolute Gasteiger partial charge is 0.402 e. The minimum Gasteiger partial charge on any atom is -0.402 e. The topological polar surface area (TPSA) is 49.7 Å². The molecule has 0 bridgehead atoms. The van der Waals surface area contributed by atoms with E-state index >= 15 is 0 Å². The first-order valence-corrected chi connectivity index (χ1v) is 18.0. The van der Waals surface area contributed by atoms with Crippen molar-refractivity contribution in [2.24, 2.45) is 0 Å². The minimum atomic E-state index is -1.90. The molecule has 0 aliphatic heterocycles. The van der Waals surface area contributed by atoms with Crippen LogP contribution in [-0.2, 0) is 10.3 Å².